The topological polar surface area (TPSA) is 122 Å². The van der Waals surface area contributed by atoms with E-state index in [4.69, 9.17) is 10.5 Å². The summed E-state index contributed by atoms with van der Waals surface area (Å²) in [5.41, 5.74) is 4.26. The van der Waals surface area contributed by atoms with Gasteiger partial charge in [-0.3, -0.25) is 9.59 Å². The van der Waals surface area contributed by atoms with Crippen LogP contribution < -0.4 is 11.1 Å². The van der Waals surface area contributed by atoms with E-state index in [2.05, 4.69) is 5.32 Å². The summed E-state index contributed by atoms with van der Waals surface area (Å²) in [6, 6.07) is -0.998. The number of primary amides is 1. The number of likely N-dealkylation sites (tertiary alicyclic amines) is 1. The standard InChI is InChI=1S/C17H29N3O5/c1-10(21)12(13(18)22)20-9-17(14(20)23)7-5-11(6-8-17)19-15(24)25-16(2,3)4/h10-12,21H,5-9H2,1-4H3,(H2,18,22)(H,19,24)/t10-,11?,12+,17?/m1/s1. The average Bonchev–Trinajstić information content (AvgIpc) is 2.45. The smallest absolute Gasteiger partial charge is 0.407 e. The molecule has 2 aliphatic rings. The minimum absolute atomic E-state index is 0.0222. The Morgan fingerprint density at radius 2 is 1.92 bits per heavy atom. The van der Waals surface area contributed by atoms with Crippen molar-refractivity contribution in [2.45, 2.75) is 77.2 Å². The molecule has 142 valence electrons. The van der Waals surface area contributed by atoms with Crippen molar-refractivity contribution in [2.24, 2.45) is 11.1 Å². The molecular formula is C17H29N3O5. The number of amides is 3. The van der Waals surface area contributed by atoms with Gasteiger partial charge in [0.15, 0.2) is 0 Å². The predicted octanol–water partition coefficient (Wildman–Crippen LogP) is 0.517. The molecule has 0 aromatic carbocycles. The molecule has 0 radical (unpaired) electrons. The van der Waals surface area contributed by atoms with Crippen LogP contribution in [0.2, 0.25) is 0 Å². The Morgan fingerprint density at radius 1 is 1.36 bits per heavy atom. The highest BCUT2D eigenvalue weighted by Gasteiger charge is 2.56. The van der Waals surface area contributed by atoms with Gasteiger partial charge in [-0.25, -0.2) is 4.79 Å². The van der Waals surface area contributed by atoms with Crippen molar-refractivity contribution in [1.29, 1.82) is 0 Å². The first-order valence-electron chi connectivity index (χ1n) is 8.73. The van der Waals surface area contributed by atoms with Crippen molar-refractivity contribution in [2.75, 3.05) is 6.54 Å². The molecular weight excluding hydrogens is 326 g/mol. The van der Waals surface area contributed by atoms with E-state index in [1.54, 1.807) is 20.8 Å². The Kier molecular flexibility index (Phi) is 5.32. The second-order valence-corrected chi connectivity index (χ2v) is 8.22. The number of β-lactam (4-membered cyclic amide) rings is 1. The summed E-state index contributed by atoms with van der Waals surface area (Å²) in [4.78, 5) is 37.3. The van der Waals surface area contributed by atoms with Crippen LogP contribution in [-0.2, 0) is 14.3 Å². The van der Waals surface area contributed by atoms with Gasteiger partial charge in [-0.2, -0.15) is 0 Å². The van der Waals surface area contributed by atoms with Gasteiger partial charge >= 0.3 is 6.09 Å². The molecule has 1 saturated heterocycles. The number of aliphatic hydroxyl groups is 1. The summed E-state index contributed by atoms with van der Waals surface area (Å²) in [6.07, 6.45) is 1.17. The molecule has 0 bridgehead atoms. The van der Waals surface area contributed by atoms with Gasteiger partial charge in [0.05, 0.1) is 11.5 Å². The molecule has 8 nitrogen and oxygen atoms in total. The van der Waals surface area contributed by atoms with E-state index in [1.807, 2.05) is 0 Å². The van der Waals surface area contributed by atoms with Crippen LogP contribution in [0.15, 0.2) is 0 Å². The molecule has 0 aromatic rings. The number of hydrogen-bond donors (Lipinski definition) is 3. The van der Waals surface area contributed by atoms with Gasteiger partial charge in [0.2, 0.25) is 11.8 Å². The number of hydrogen-bond acceptors (Lipinski definition) is 5. The first-order valence-corrected chi connectivity index (χ1v) is 8.73. The summed E-state index contributed by atoms with van der Waals surface area (Å²) in [5, 5.41) is 12.5. The fourth-order valence-electron chi connectivity index (χ4n) is 3.72. The third-order valence-corrected chi connectivity index (χ3v) is 4.94. The summed E-state index contributed by atoms with van der Waals surface area (Å²) >= 11 is 0. The van der Waals surface area contributed by atoms with Crippen molar-refractivity contribution < 1.29 is 24.2 Å². The lowest BCUT2D eigenvalue weighted by Gasteiger charge is -2.54. The lowest BCUT2D eigenvalue weighted by Crippen LogP contribution is -2.69. The van der Waals surface area contributed by atoms with Gasteiger partial charge in [-0.05, 0) is 53.4 Å². The van der Waals surface area contributed by atoms with E-state index in [9.17, 15) is 19.5 Å². The monoisotopic (exact) mass is 355 g/mol. The van der Waals surface area contributed by atoms with Crippen molar-refractivity contribution in [3.8, 4) is 0 Å². The molecule has 4 N–H and O–H groups in total. The zero-order valence-electron chi connectivity index (χ0n) is 15.4. The largest absolute Gasteiger partial charge is 0.444 e. The van der Waals surface area contributed by atoms with Gasteiger partial charge in [0.25, 0.3) is 0 Å². The number of carbonyl (C=O) groups is 3. The Morgan fingerprint density at radius 3 is 2.32 bits per heavy atom. The van der Waals surface area contributed by atoms with Crippen LogP contribution in [0.4, 0.5) is 4.79 Å². The zero-order chi connectivity index (χ0) is 19.0. The fraction of sp³-hybridized carbons (Fsp3) is 0.824. The highest BCUT2D eigenvalue weighted by molar-refractivity contribution is 5.94. The first kappa shape index (κ1) is 19.5. The lowest BCUT2D eigenvalue weighted by atomic mass is 9.66. The maximum absolute atomic E-state index is 12.6. The Hall–Kier alpha value is -1.83. The molecule has 1 spiro atoms. The summed E-state index contributed by atoms with van der Waals surface area (Å²) < 4.78 is 5.25. The van der Waals surface area contributed by atoms with Crippen LogP contribution in [0.5, 0.6) is 0 Å². The first-order chi connectivity index (χ1) is 11.4. The number of aliphatic hydroxyl groups excluding tert-OH is 1. The number of nitrogens with one attached hydrogen (secondary N) is 1. The van der Waals surface area contributed by atoms with E-state index in [0.29, 0.717) is 32.2 Å². The molecule has 2 rings (SSSR count). The predicted molar refractivity (Wildman–Crippen MR) is 90.4 cm³/mol. The van der Waals surface area contributed by atoms with E-state index < -0.39 is 35.2 Å². The molecule has 3 amide bonds. The lowest BCUT2D eigenvalue weighted by molar-refractivity contribution is -0.175. The van der Waals surface area contributed by atoms with Gasteiger partial charge in [0, 0.05) is 12.6 Å². The van der Waals surface area contributed by atoms with Gasteiger partial charge < -0.3 is 25.8 Å². The van der Waals surface area contributed by atoms with Crippen LogP contribution >= 0.6 is 0 Å². The number of carbonyl (C=O) groups excluding carboxylic acids is 3. The number of rotatable bonds is 4. The van der Waals surface area contributed by atoms with Crippen LogP contribution in [0, 0.1) is 5.41 Å². The SMILES string of the molecule is C[C@@H](O)[C@@H](C(N)=O)N1CC2(CCC(NC(=O)OC(C)(C)C)CC2)C1=O. The quantitative estimate of drug-likeness (QED) is 0.635. The van der Waals surface area contributed by atoms with Crippen molar-refractivity contribution >= 4 is 17.9 Å². The van der Waals surface area contributed by atoms with Crippen LogP contribution in [-0.4, -0.2) is 58.2 Å². The molecule has 1 aliphatic carbocycles. The maximum Gasteiger partial charge on any atom is 0.407 e. The van der Waals surface area contributed by atoms with Crippen molar-refractivity contribution in [3.63, 3.8) is 0 Å². The highest BCUT2D eigenvalue weighted by Crippen LogP contribution is 2.46. The summed E-state index contributed by atoms with van der Waals surface area (Å²) in [6.45, 7) is 7.29. The molecule has 1 heterocycles. The molecule has 0 aromatic heterocycles. The Bertz CT molecular complexity index is 547. The normalized spacial score (nSPS) is 28.9. The molecule has 25 heavy (non-hydrogen) atoms. The Balaban J connectivity index is 1.87. The number of alkyl carbamates (subject to hydrolysis) is 1. The molecule has 2 fully saturated rings. The van der Waals surface area contributed by atoms with Gasteiger partial charge in [-0.1, -0.05) is 0 Å². The molecule has 1 aliphatic heterocycles. The summed E-state index contributed by atoms with van der Waals surface area (Å²) in [7, 11) is 0. The molecule has 8 heteroatoms. The zero-order valence-corrected chi connectivity index (χ0v) is 15.4. The van der Waals surface area contributed by atoms with Crippen LogP contribution in [0.25, 0.3) is 0 Å². The van der Waals surface area contributed by atoms with E-state index in [-0.39, 0.29) is 11.9 Å². The van der Waals surface area contributed by atoms with E-state index in [1.165, 1.54) is 11.8 Å². The number of nitrogens with two attached hydrogens (primary N) is 1. The minimum Gasteiger partial charge on any atom is -0.444 e. The third-order valence-electron chi connectivity index (χ3n) is 4.94. The van der Waals surface area contributed by atoms with Crippen LogP contribution in [0.3, 0.4) is 0 Å². The van der Waals surface area contributed by atoms with Gasteiger partial charge in [0.1, 0.15) is 11.6 Å². The van der Waals surface area contributed by atoms with Gasteiger partial charge in [-0.15, -0.1) is 0 Å². The Labute approximate surface area is 148 Å². The number of ether oxygens (including phenoxy) is 1. The second-order valence-electron chi connectivity index (χ2n) is 8.22. The van der Waals surface area contributed by atoms with Crippen molar-refractivity contribution in [1.82, 2.24) is 10.2 Å². The third kappa shape index (κ3) is 4.23. The van der Waals surface area contributed by atoms with E-state index in [0.717, 1.165) is 0 Å². The van der Waals surface area contributed by atoms with Crippen molar-refractivity contribution in [3.05, 3.63) is 0 Å². The molecule has 2 atom stereocenters. The summed E-state index contributed by atoms with van der Waals surface area (Å²) in [5.74, 6) is -0.827. The molecule has 1 saturated carbocycles. The molecule has 0 unspecified atom stereocenters. The highest BCUT2D eigenvalue weighted by atomic mass is 16.6. The minimum atomic E-state index is -0.996. The van der Waals surface area contributed by atoms with E-state index >= 15 is 0 Å². The number of nitrogens with zero attached hydrogens (tertiary/aromatic N) is 1. The van der Waals surface area contributed by atoms with Crippen LogP contribution in [0.1, 0.15) is 53.4 Å². The fourth-order valence-corrected chi connectivity index (χ4v) is 3.72. The maximum atomic E-state index is 12.6. The second kappa shape index (κ2) is 6.82. The average molecular weight is 355 g/mol.